The molecule has 0 saturated carbocycles. The fourth-order valence-corrected chi connectivity index (χ4v) is 2.75. The van der Waals surface area contributed by atoms with Crippen LogP contribution in [0.25, 0.3) is 21.9 Å². The first-order chi connectivity index (χ1) is 10.6. The van der Waals surface area contributed by atoms with Crippen molar-refractivity contribution in [3.8, 4) is 11.1 Å². The van der Waals surface area contributed by atoms with Crippen molar-refractivity contribution in [1.82, 2.24) is 0 Å². The maximum atomic E-state index is 11.9. The van der Waals surface area contributed by atoms with Crippen molar-refractivity contribution in [2.45, 2.75) is 6.92 Å². The number of Topliss-reactive ketones (excluding diaryl/α,β-unsaturated/α-hetero) is 1. The van der Waals surface area contributed by atoms with Crippen molar-refractivity contribution in [2.24, 2.45) is 0 Å². The van der Waals surface area contributed by atoms with Crippen LogP contribution >= 0.6 is 0 Å². The number of aromatic carboxylic acids is 1. The van der Waals surface area contributed by atoms with Crippen LogP contribution in [0.5, 0.6) is 0 Å². The van der Waals surface area contributed by atoms with E-state index in [1.54, 1.807) is 30.3 Å². The Bertz CT molecular complexity index is 894. The fraction of sp³-hybridized carbons (Fsp3) is 0.0526. The third-order valence-corrected chi connectivity index (χ3v) is 3.74. The van der Waals surface area contributed by atoms with Crippen LogP contribution in [-0.4, -0.2) is 16.9 Å². The van der Waals surface area contributed by atoms with Gasteiger partial charge in [-0.05, 0) is 29.3 Å². The van der Waals surface area contributed by atoms with Gasteiger partial charge in [0.05, 0.1) is 5.56 Å². The number of hydrogen-bond donors (Lipinski definition) is 1. The molecule has 3 rings (SSSR count). The second kappa shape index (κ2) is 5.45. The quantitative estimate of drug-likeness (QED) is 0.727. The van der Waals surface area contributed by atoms with Gasteiger partial charge in [0, 0.05) is 11.1 Å². The van der Waals surface area contributed by atoms with Crippen molar-refractivity contribution < 1.29 is 14.7 Å². The van der Waals surface area contributed by atoms with Gasteiger partial charge in [-0.3, -0.25) is 4.79 Å². The molecule has 0 atom stereocenters. The zero-order valence-electron chi connectivity index (χ0n) is 12.0. The SMILES string of the molecule is CC(=O)c1ccccc1-c1c(C(=O)O)ccc2ccccc12. The summed E-state index contributed by atoms with van der Waals surface area (Å²) in [5.41, 5.74) is 1.98. The minimum atomic E-state index is -1.00. The van der Waals surface area contributed by atoms with Gasteiger partial charge in [-0.15, -0.1) is 0 Å². The molecule has 108 valence electrons. The molecule has 3 aromatic rings. The van der Waals surface area contributed by atoms with E-state index in [1.165, 1.54) is 6.92 Å². The molecule has 3 nitrogen and oxygen atoms in total. The van der Waals surface area contributed by atoms with Crippen LogP contribution in [-0.2, 0) is 0 Å². The maximum Gasteiger partial charge on any atom is 0.336 e. The molecule has 22 heavy (non-hydrogen) atoms. The summed E-state index contributed by atoms with van der Waals surface area (Å²) in [5, 5.41) is 11.3. The van der Waals surface area contributed by atoms with Gasteiger partial charge in [-0.1, -0.05) is 54.6 Å². The summed E-state index contributed by atoms with van der Waals surface area (Å²) in [5.74, 6) is -1.08. The molecule has 0 spiro atoms. The van der Waals surface area contributed by atoms with Crippen molar-refractivity contribution in [1.29, 1.82) is 0 Å². The van der Waals surface area contributed by atoms with E-state index >= 15 is 0 Å². The van der Waals surface area contributed by atoms with Crippen molar-refractivity contribution >= 4 is 22.5 Å². The Balaban J connectivity index is 2.46. The maximum absolute atomic E-state index is 11.9. The van der Waals surface area contributed by atoms with E-state index in [1.807, 2.05) is 30.3 Å². The molecule has 0 aliphatic heterocycles. The summed E-state index contributed by atoms with van der Waals surface area (Å²) in [4.78, 5) is 23.5. The molecular formula is C19H14O3. The molecule has 1 N–H and O–H groups in total. The predicted octanol–water partition coefficient (Wildman–Crippen LogP) is 4.41. The molecule has 0 aliphatic carbocycles. The Morgan fingerprint density at radius 1 is 0.818 bits per heavy atom. The number of carbonyl (C=O) groups excluding carboxylic acids is 1. The fourth-order valence-electron chi connectivity index (χ4n) is 2.75. The smallest absolute Gasteiger partial charge is 0.336 e. The topological polar surface area (TPSA) is 54.4 Å². The third kappa shape index (κ3) is 2.27. The van der Waals surface area contributed by atoms with Gasteiger partial charge in [0.15, 0.2) is 5.78 Å². The van der Waals surface area contributed by atoms with E-state index in [-0.39, 0.29) is 11.3 Å². The molecule has 0 bridgehead atoms. The van der Waals surface area contributed by atoms with E-state index < -0.39 is 5.97 Å². The van der Waals surface area contributed by atoms with Crippen LogP contribution in [0, 0.1) is 0 Å². The zero-order valence-corrected chi connectivity index (χ0v) is 12.0. The van der Waals surface area contributed by atoms with Crippen LogP contribution in [0.15, 0.2) is 60.7 Å². The van der Waals surface area contributed by atoms with Crippen LogP contribution in [0.2, 0.25) is 0 Å². The molecule has 0 saturated heterocycles. The number of benzene rings is 3. The highest BCUT2D eigenvalue weighted by Crippen LogP contribution is 2.34. The Kier molecular flexibility index (Phi) is 3.47. The standard InChI is InChI=1S/C19H14O3/c1-12(20)14-7-4-5-9-16(14)18-15-8-3-2-6-13(15)10-11-17(18)19(21)22/h2-11H,1H3,(H,21,22). The Morgan fingerprint density at radius 2 is 1.50 bits per heavy atom. The number of carboxylic acids is 1. The normalized spacial score (nSPS) is 10.6. The van der Waals surface area contributed by atoms with Gasteiger partial charge in [-0.2, -0.15) is 0 Å². The second-order valence-corrected chi connectivity index (χ2v) is 5.12. The summed E-state index contributed by atoms with van der Waals surface area (Å²) in [7, 11) is 0. The first kappa shape index (κ1) is 14.0. The van der Waals surface area contributed by atoms with Crippen molar-refractivity contribution in [3.05, 3.63) is 71.8 Å². The monoisotopic (exact) mass is 290 g/mol. The average Bonchev–Trinajstić information content (AvgIpc) is 2.53. The van der Waals surface area contributed by atoms with Gasteiger partial charge >= 0.3 is 5.97 Å². The number of carboxylic acid groups (broad SMARTS) is 1. The molecular weight excluding hydrogens is 276 g/mol. The minimum Gasteiger partial charge on any atom is -0.478 e. The second-order valence-electron chi connectivity index (χ2n) is 5.12. The number of carbonyl (C=O) groups is 2. The van der Waals surface area contributed by atoms with Gasteiger partial charge < -0.3 is 5.11 Å². The summed E-state index contributed by atoms with van der Waals surface area (Å²) in [6.07, 6.45) is 0. The molecule has 0 fully saturated rings. The van der Waals surface area contributed by atoms with Gasteiger partial charge in [-0.25, -0.2) is 4.79 Å². The number of hydrogen-bond acceptors (Lipinski definition) is 2. The Labute approximate surface area is 127 Å². The lowest BCUT2D eigenvalue weighted by Gasteiger charge is -2.13. The largest absolute Gasteiger partial charge is 0.478 e. The lowest BCUT2D eigenvalue weighted by molar-refractivity contribution is 0.0697. The van der Waals surface area contributed by atoms with Crippen LogP contribution < -0.4 is 0 Å². The summed E-state index contributed by atoms with van der Waals surface area (Å²) in [6.45, 7) is 1.49. The highest BCUT2D eigenvalue weighted by molar-refractivity contribution is 6.12. The molecule has 0 heterocycles. The summed E-state index contributed by atoms with van der Waals surface area (Å²) in [6, 6.07) is 18.1. The van der Waals surface area contributed by atoms with Crippen LogP contribution in [0.4, 0.5) is 0 Å². The summed E-state index contributed by atoms with van der Waals surface area (Å²) < 4.78 is 0. The van der Waals surface area contributed by atoms with E-state index in [9.17, 15) is 14.7 Å². The third-order valence-electron chi connectivity index (χ3n) is 3.74. The summed E-state index contributed by atoms with van der Waals surface area (Å²) >= 11 is 0. The highest BCUT2D eigenvalue weighted by Gasteiger charge is 2.18. The van der Waals surface area contributed by atoms with Gasteiger partial charge in [0.1, 0.15) is 0 Å². The molecule has 0 radical (unpaired) electrons. The van der Waals surface area contributed by atoms with E-state index in [4.69, 9.17) is 0 Å². The van der Waals surface area contributed by atoms with E-state index in [0.29, 0.717) is 16.7 Å². The molecule has 3 heteroatoms. The predicted molar refractivity (Wildman–Crippen MR) is 86.3 cm³/mol. The molecule has 0 unspecified atom stereocenters. The minimum absolute atomic E-state index is 0.0835. The first-order valence-corrected chi connectivity index (χ1v) is 6.95. The number of ketones is 1. The lowest BCUT2D eigenvalue weighted by atomic mass is 9.89. The van der Waals surface area contributed by atoms with Crippen molar-refractivity contribution in [2.75, 3.05) is 0 Å². The van der Waals surface area contributed by atoms with E-state index in [0.717, 1.165) is 10.8 Å². The molecule has 3 aromatic carbocycles. The zero-order chi connectivity index (χ0) is 15.7. The lowest BCUT2D eigenvalue weighted by Crippen LogP contribution is -2.03. The molecule has 0 aromatic heterocycles. The molecule has 0 amide bonds. The van der Waals surface area contributed by atoms with Crippen LogP contribution in [0.3, 0.4) is 0 Å². The average molecular weight is 290 g/mol. The van der Waals surface area contributed by atoms with Crippen LogP contribution in [0.1, 0.15) is 27.6 Å². The van der Waals surface area contributed by atoms with Gasteiger partial charge in [0.2, 0.25) is 0 Å². The Hall–Kier alpha value is -2.94. The van der Waals surface area contributed by atoms with Crippen molar-refractivity contribution in [3.63, 3.8) is 0 Å². The van der Waals surface area contributed by atoms with Gasteiger partial charge in [0.25, 0.3) is 0 Å². The Morgan fingerprint density at radius 3 is 2.23 bits per heavy atom. The van der Waals surface area contributed by atoms with E-state index in [2.05, 4.69) is 0 Å². The number of rotatable bonds is 3. The molecule has 0 aliphatic rings. The highest BCUT2D eigenvalue weighted by atomic mass is 16.4. The number of fused-ring (bicyclic) bond motifs is 1. The first-order valence-electron chi connectivity index (χ1n) is 6.95.